The summed E-state index contributed by atoms with van der Waals surface area (Å²) in [5, 5.41) is 3.46. The molecule has 31 heavy (non-hydrogen) atoms. The van der Waals surface area contributed by atoms with Gasteiger partial charge in [0.1, 0.15) is 17.4 Å². The number of hydrogen-bond acceptors (Lipinski definition) is 3. The minimum atomic E-state index is -0.272. The van der Waals surface area contributed by atoms with Crippen LogP contribution in [-0.2, 0) is 0 Å². The third-order valence-electron chi connectivity index (χ3n) is 5.46. The quantitative estimate of drug-likeness (QED) is 0.391. The second-order valence-electron chi connectivity index (χ2n) is 7.53. The number of carbonyl (C=O) groups is 1. The molecule has 4 aromatic rings. The van der Waals surface area contributed by atoms with Gasteiger partial charge in [-0.2, -0.15) is 0 Å². The minimum Gasteiger partial charge on any atom is -0.438 e. The van der Waals surface area contributed by atoms with Crippen molar-refractivity contribution in [2.45, 2.75) is 18.9 Å². The second kappa shape index (κ2) is 8.04. The zero-order valence-corrected chi connectivity index (χ0v) is 17.3. The van der Waals surface area contributed by atoms with E-state index in [-0.39, 0.29) is 17.9 Å². The summed E-state index contributed by atoms with van der Waals surface area (Å²) in [5.41, 5.74) is 3.83. The lowest BCUT2D eigenvalue weighted by atomic mass is 10.1. The number of nitrogens with one attached hydrogen (secondary N) is 1. The van der Waals surface area contributed by atoms with E-state index in [1.54, 1.807) is 41.3 Å². The van der Waals surface area contributed by atoms with Crippen molar-refractivity contribution in [3.05, 3.63) is 83.5 Å². The molecule has 1 N–H and O–H groups in total. The molecule has 5 rings (SSSR count). The molecule has 5 nitrogen and oxygen atoms in total. The normalized spacial score (nSPS) is 16.1. The Kier molecular flexibility index (Phi) is 5.08. The van der Waals surface area contributed by atoms with Crippen LogP contribution < -0.4 is 5.32 Å². The fourth-order valence-corrected chi connectivity index (χ4v) is 4.13. The molecule has 1 aliphatic rings. The van der Waals surface area contributed by atoms with Crippen molar-refractivity contribution in [1.82, 2.24) is 9.88 Å². The molecule has 1 aromatic heterocycles. The molecule has 0 bridgehead atoms. The Balaban J connectivity index is 1.40. The van der Waals surface area contributed by atoms with Gasteiger partial charge in [0.2, 0.25) is 5.89 Å². The number of halogens is 2. The summed E-state index contributed by atoms with van der Waals surface area (Å²) in [5.74, 6) is 0.246. The summed E-state index contributed by atoms with van der Waals surface area (Å²) in [7, 11) is 0. The van der Waals surface area contributed by atoms with Gasteiger partial charge >= 0.3 is 6.03 Å². The average Bonchev–Trinajstić information content (AvgIpc) is 3.40. The third kappa shape index (κ3) is 3.99. The number of carbonyl (C=O) groups excluding carboxylic acids is 1. The molecule has 2 heterocycles. The Morgan fingerprint density at radius 1 is 1.10 bits per heavy atom. The van der Waals surface area contributed by atoms with E-state index < -0.39 is 0 Å². The van der Waals surface area contributed by atoms with Crippen LogP contribution in [0.5, 0.6) is 0 Å². The number of rotatable bonds is 3. The number of likely N-dealkylation sites (tertiary alicyclic amines) is 1. The first-order valence-corrected chi connectivity index (χ1v) is 10.4. The molecule has 1 atom stereocenters. The average molecular weight is 436 g/mol. The first kappa shape index (κ1) is 19.6. The van der Waals surface area contributed by atoms with Gasteiger partial charge in [0.25, 0.3) is 0 Å². The lowest BCUT2D eigenvalue weighted by Crippen LogP contribution is -2.34. The molecule has 1 saturated heterocycles. The summed E-state index contributed by atoms with van der Waals surface area (Å²) < 4.78 is 19.2. The summed E-state index contributed by atoms with van der Waals surface area (Å²) in [6.07, 6.45) is 1.65. The Labute approximate surface area is 183 Å². The third-order valence-corrected chi connectivity index (χ3v) is 5.69. The van der Waals surface area contributed by atoms with Crippen molar-refractivity contribution >= 4 is 34.4 Å². The van der Waals surface area contributed by atoms with Gasteiger partial charge in [-0.3, -0.25) is 0 Å². The number of fused-ring (bicyclic) bond motifs is 1. The second-order valence-corrected chi connectivity index (χ2v) is 7.97. The fraction of sp³-hybridized carbons (Fsp3) is 0.167. The first-order valence-electron chi connectivity index (χ1n) is 10.1. The van der Waals surface area contributed by atoms with Crippen LogP contribution >= 0.6 is 11.6 Å². The molecular weight excluding hydrogens is 417 g/mol. The van der Waals surface area contributed by atoms with E-state index in [1.165, 1.54) is 12.1 Å². The Hall–Kier alpha value is -3.38. The molecule has 0 aliphatic carbocycles. The van der Waals surface area contributed by atoms with Crippen molar-refractivity contribution in [3.8, 4) is 11.1 Å². The molecule has 3 aromatic carbocycles. The predicted octanol–water partition coefficient (Wildman–Crippen LogP) is 6.66. The van der Waals surface area contributed by atoms with E-state index in [0.29, 0.717) is 34.2 Å². The molecule has 0 unspecified atom stereocenters. The van der Waals surface area contributed by atoms with Gasteiger partial charge in [-0.25, -0.2) is 14.2 Å². The monoisotopic (exact) mass is 435 g/mol. The zero-order chi connectivity index (χ0) is 21.4. The highest BCUT2D eigenvalue weighted by Gasteiger charge is 2.33. The van der Waals surface area contributed by atoms with Crippen LogP contribution in [0.1, 0.15) is 24.8 Å². The van der Waals surface area contributed by atoms with Crippen LogP contribution in [0.15, 0.2) is 71.1 Å². The van der Waals surface area contributed by atoms with Crippen molar-refractivity contribution < 1.29 is 13.6 Å². The molecule has 156 valence electrons. The number of oxazole rings is 1. The Morgan fingerprint density at radius 3 is 2.71 bits per heavy atom. The first-order chi connectivity index (χ1) is 15.1. The number of hydrogen-bond donors (Lipinski definition) is 1. The molecule has 1 fully saturated rings. The molecule has 7 heteroatoms. The highest BCUT2D eigenvalue weighted by atomic mass is 35.5. The van der Waals surface area contributed by atoms with Crippen LogP contribution in [0.2, 0.25) is 5.02 Å². The SMILES string of the molecule is O=C(Nc1cccc(Cl)c1)N1CCC[C@@H]1c1nc2cc(-c3ccc(F)cc3)ccc2o1. The van der Waals surface area contributed by atoms with Gasteiger partial charge in [0.05, 0.1) is 0 Å². The van der Waals surface area contributed by atoms with Gasteiger partial charge < -0.3 is 14.6 Å². The van der Waals surface area contributed by atoms with Crippen LogP contribution in [0, 0.1) is 5.82 Å². The molecule has 0 saturated carbocycles. The molecule has 0 radical (unpaired) electrons. The van der Waals surface area contributed by atoms with E-state index in [1.807, 2.05) is 18.2 Å². The van der Waals surface area contributed by atoms with Gasteiger partial charge in [0.15, 0.2) is 5.58 Å². The fourth-order valence-electron chi connectivity index (χ4n) is 3.94. The topological polar surface area (TPSA) is 58.4 Å². The molecule has 2 amide bonds. The van der Waals surface area contributed by atoms with Gasteiger partial charge in [0, 0.05) is 17.3 Å². The molecule has 0 spiro atoms. The van der Waals surface area contributed by atoms with E-state index in [4.69, 9.17) is 16.0 Å². The minimum absolute atomic E-state index is 0.209. The molecule has 1 aliphatic heterocycles. The number of nitrogens with zero attached hydrogens (tertiary/aromatic N) is 2. The number of benzene rings is 3. The largest absolute Gasteiger partial charge is 0.438 e. The van der Waals surface area contributed by atoms with Crippen LogP contribution in [-0.4, -0.2) is 22.5 Å². The number of amides is 2. The van der Waals surface area contributed by atoms with E-state index in [9.17, 15) is 9.18 Å². The van der Waals surface area contributed by atoms with Gasteiger partial charge in [-0.1, -0.05) is 35.9 Å². The summed E-state index contributed by atoms with van der Waals surface area (Å²) in [6.45, 7) is 0.622. The maximum absolute atomic E-state index is 13.2. The number of urea groups is 1. The van der Waals surface area contributed by atoms with Crippen LogP contribution in [0.25, 0.3) is 22.2 Å². The molecular formula is C24H19ClFN3O2. The van der Waals surface area contributed by atoms with Gasteiger partial charge in [-0.15, -0.1) is 0 Å². The number of aromatic nitrogens is 1. The standard InChI is InChI=1S/C24H19ClFN3O2/c25-17-3-1-4-19(14-17)27-24(30)29-12-2-5-21(29)23-28-20-13-16(8-11-22(20)31-23)15-6-9-18(26)10-7-15/h1,3-4,6-11,13-14,21H,2,5,12H2,(H,27,30)/t21-/m1/s1. The van der Waals surface area contributed by atoms with E-state index >= 15 is 0 Å². The van der Waals surface area contributed by atoms with Crippen molar-refractivity contribution in [3.63, 3.8) is 0 Å². The van der Waals surface area contributed by atoms with Crippen molar-refractivity contribution in [1.29, 1.82) is 0 Å². The predicted molar refractivity (Wildman–Crippen MR) is 119 cm³/mol. The van der Waals surface area contributed by atoms with Crippen LogP contribution in [0.3, 0.4) is 0 Å². The van der Waals surface area contributed by atoms with E-state index in [2.05, 4.69) is 10.3 Å². The Bertz CT molecular complexity index is 1260. The smallest absolute Gasteiger partial charge is 0.322 e. The summed E-state index contributed by atoms with van der Waals surface area (Å²) in [6, 6.07) is 18.6. The maximum atomic E-state index is 13.2. The highest BCUT2D eigenvalue weighted by Crippen LogP contribution is 2.35. The van der Waals surface area contributed by atoms with Gasteiger partial charge in [-0.05, 0) is 66.4 Å². The van der Waals surface area contributed by atoms with E-state index in [0.717, 1.165) is 24.0 Å². The lowest BCUT2D eigenvalue weighted by molar-refractivity contribution is 0.199. The number of anilines is 1. The summed E-state index contributed by atoms with van der Waals surface area (Å²) >= 11 is 6.01. The maximum Gasteiger partial charge on any atom is 0.322 e. The van der Waals surface area contributed by atoms with Crippen molar-refractivity contribution in [2.75, 3.05) is 11.9 Å². The summed E-state index contributed by atoms with van der Waals surface area (Å²) in [4.78, 5) is 19.3. The highest BCUT2D eigenvalue weighted by molar-refractivity contribution is 6.30. The van der Waals surface area contributed by atoms with Crippen molar-refractivity contribution in [2.24, 2.45) is 0 Å². The lowest BCUT2D eigenvalue weighted by Gasteiger charge is -2.22. The van der Waals surface area contributed by atoms with Crippen LogP contribution in [0.4, 0.5) is 14.9 Å². The Morgan fingerprint density at radius 2 is 1.90 bits per heavy atom. The zero-order valence-electron chi connectivity index (χ0n) is 16.5.